The van der Waals surface area contributed by atoms with Gasteiger partial charge in [-0.2, -0.15) is 4.98 Å². The number of anilines is 2. The smallest absolute Gasteiger partial charge is 0.225 e. The van der Waals surface area contributed by atoms with Gasteiger partial charge in [-0.1, -0.05) is 6.07 Å². The predicted molar refractivity (Wildman–Crippen MR) is 94.4 cm³/mol. The highest BCUT2D eigenvalue weighted by Gasteiger charge is 2.40. The van der Waals surface area contributed by atoms with Crippen LogP contribution in [-0.2, 0) is 16.0 Å². The van der Waals surface area contributed by atoms with Crippen LogP contribution in [0.5, 0.6) is 0 Å². The predicted octanol–water partition coefficient (Wildman–Crippen LogP) is 2.14. The molecule has 7 nitrogen and oxygen atoms in total. The second kappa shape index (κ2) is 6.93. The summed E-state index contributed by atoms with van der Waals surface area (Å²) in [6.07, 6.45) is 3.52. The van der Waals surface area contributed by atoms with Crippen LogP contribution in [0.2, 0.25) is 0 Å². The monoisotopic (exact) mass is 341 g/mol. The first-order valence-corrected chi connectivity index (χ1v) is 8.75. The lowest BCUT2D eigenvalue weighted by molar-refractivity contribution is -0.169. The maximum Gasteiger partial charge on any atom is 0.225 e. The quantitative estimate of drug-likeness (QED) is 0.913. The largest absolute Gasteiger partial charge is 0.356 e. The number of hydrogen-bond acceptors (Lipinski definition) is 7. The van der Waals surface area contributed by atoms with Crippen molar-refractivity contribution in [2.24, 2.45) is 0 Å². The van der Waals surface area contributed by atoms with Gasteiger partial charge in [0, 0.05) is 43.9 Å². The van der Waals surface area contributed by atoms with Crippen LogP contribution in [0.1, 0.15) is 24.2 Å². The molecule has 7 heteroatoms. The first-order chi connectivity index (χ1) is 12.2. The molecule has 25 heavy (non-hydrogen) atoms. The molecular formula is C18H23N5O2. The molecule has 0 amide bonds. The third-order valence-electron chi connectivity index (χ3n) is 4.66. The van der Waals surface area contributed by atoms with Crippen molar-refractivity contribution in [3.63, 3.8) is 0 Å². The van der Waals surface area contributed by atoms with Crippen molar-refractivity contribution in [1.29, 1.82) is 0 Å². The number of aryl methyl sites for hydroxylation is 1. The Bertz CT molecular complexity index is 709. The zero-order chi connectivity index (χ0) is 17.1. The van der Waals surface area contributed by atoms with E-state index in [1.807, 2.05) is 31.2 Å². The minimum absolute atomic E-state index is 0.362. The Kier molecular flexibility index (Phi) is 4.50. The van der Waals surface area contributed by atoms with E-state index in [4.69, 9.17) is 9.47 Å². The van der Waals surface area contributed by atoms with E-state index < -0.39 is 0 Å². The van der Waals surface area contributed by atoms with Crippen molar-refractivity contribution in [2.75, 3.05) is 36.5 Å². The fourth-order valence-electron chi connectivity index (χ4n) is 3.33. The van der Waals surface area contributed by atoms with E-state index >= 15 is 0 Å². The SMILES string of the molecule is Cc1cc(N2CCC3(CC2)OCCO3)nc(NCc2ccccn2)n1. The van der Waals surface area contributed by atoms with Gasteiger partial charge in [-0.3, -0.25) is 4.98 Å². The molecule has 0 radical (unpaired) electrons. The van der Waals surface area contributed by atoms with E-state index in [0.717, 1.165) is 43.1 Å². The first-order valence-electron chi connectivity index (χ1n) is 8.75. The normalized spacial score (nSPS) is 19.3. The molecule has 1 spiro atoms. The molecular weight excluding hydrogens is 318 g/mol. The Balaban J connectivity index is 1.43. The standard InChI is InChI=1S/C18H23N5O2/c1-14-12-16(23-8-5-18(6-9-23)24-10-11-25-18)22-17(21-14)20-13-15-4-2-3-7-19-15/h2-4,7,12H,5-6,8-11,13H2,1H3,(H,20,21,22). The number of piperidine rings is 1. The number of ether oxygens (including phenoxy) is 2. The Labute approximate surface area is 147 Å². The Morgan fingerprint density at radius 3 is 2.68 bits per heavy atom. The second-order valence-corrected chi connectivity index (χ2v) is 6.46. The molecule has 132 valence electrons. The molecule has 2 aliphatic heterocycles. The van der Waals surface area contributed by atoms with E-state index in [1.165, 1.54) is 0 Å². The van der Waals surface area contributed by atoms with E-state index in [1.54, 1.807) is 6.20 Å². The van der Waals surface area contributed by atoms with Crippen molar-refractivity contribution in [2.45, 2.75) is 32.1 Å². The van der Waals surface area contributed by atoms with Gasteiger partial charge in [0.25, 0.3) is 0 Å². The van der Waals surface area contributed by atoms with E-state index in [2.05, 4.69) is 25.2 Å². The second-order valence-electron chi connectivity index (χ2n) is 6.46. The number of nitrogens with zero attached hydrogens (tertiary/aromatic N) is 4. The summed E-state index contributed by atoms with van der Waals surface area (Å²) < 4.78 is 11.6. The summed E-state index contributed by atoms with van der Waals surface area (Å²) >= 11 is 0. The summed E-state index contributed by atoms with van der Waals surface area (Å²) in [5.74, 6) is 1.22. The molecule has 0 bridgehead atoms. The first kappa shape index (κ1) is 16.2. The van der Waals surface area contributed by atoms with Gasteiger partial charge < -0.3 is 19.7 Å². The van der Waals surface area contributed by atoms with Crippen LogP contribution in [0.3, 0.4) is 0 Å². The van der Waals surface area contributed by atoms with Crippen molar-refractivity contribution in [3.8, 4) is 0 Å². The molecule has 2 saturated heterocycles. The summed E-state index contributed by atoms with van der Waals surface area (Å²) in [5.41, 5.74) is 1.91. The molecule has 4 heterocycles. The Morgan fingerprint density at radius 1 is 1.16 bits per heavy atom. The highest BCUT2D eigenvalue weighted by Crippen LogP contribution is 2.32. The van der Waals surface area contributed by atoms with Crippen molar-refractivity contribution in [3.05, 3.63) is 41.9 Å². The highest BCUT2D eigenvalue weighted by molar-refractivity contribution is 5.45. The average molecular weight is 341 g/mol. The van der Waals surface area contributed by atoms with Crippen LogP contribution in [0.4, 0.5) is 11.8 Å². The summed E-state index contributed by atoms with van der Waals surface area (Å²) in [6.45, 7) is 5.75. The molecule has 0 aliphatic carbocycles. The highest BCUT2D eigenvalue weighted by atomic mass is 16.7. The van der Waals surface area contributed by atoms with Crippen LogP contribution in [0, 0.1) is 6.92 Å². The summed E-state index contributed by atoms with van der Waals surface area (Å²) in [4.78, 5) is 15.8. The minimum atomic E-state index is -0.362. The van der Waals surface area contributed by atoms with Gasteiger partial charge >= 0.3 is 0 Å². The van der Waals surface area contributed by atoms with Crippen molar-refractivity contribution < 1.29 is 9.47 Å². The average Bonchev–Trinajstić information content (AvgIpc) is 3.09. The lowest BCUT2D eigenvalue weighted by Crippen LogP contribution is -2.45. The van der Waals surface area contributed by atoms with Crippen LogP contribution in [0.25, 0.3) is 0 Å². The Morgan fingerprint density at radius 2 is 1.96 bits per heavy atom. The summed E-state index contributed by atoms with van der Waals surface area (Å²) in [7, 11) is 0. The molecule has 2 aliphatic rings. The molecule has 4 rings (SSSR count). The molecule has 1 N–H and O–H groups in total. The van der Waals surface area contributed by atoms with Crippen LogP contribution in [0.15, 0.2) is 30.5 Å². The number of rotatable bonds is 4. The number of pyridine rings is 1. The molecule has 0 saturated carbocycles. The minimum Gasteiger partial charge on any atom is -0.356 e. The van der Waals surface area contributed by atoms with Crippen molar-refractivity contribution in [1.82, 2.24) is 15.0 Å². The van der Waals surface area contributed by atoms with Gasteiger partial charge in [-0.05, 0) is 19.1 Å². The summed E-state index contributed by atoms with van der Waals surface area (Å²) in [6, 6.07) is 7.89. The number of hydrogen-bond donors (Lipinski definition) is 1. The van der Waals surface area contributed by atoms with E-state index in [0.29, 0.717) is 25.7 Å². The van der Waals surface area contributed by atoms with Gasteiger partial charge in [0.2, 0.25) is 5.95 Å². The fourth-order valence-corrected chi connectivity index (χ4v) is 3.33. The third kappa shape index (κ3) is 3.72. The van der Waals surface area contributed by atoms with Gasteiger partial charge in [0.05, 0.1) is 25.5 Å². The molecule has 2 fully saturated rings. The number of nitrogens with one attached hydrogen (secondary N) is 1. The van der Waals surface area contributed by atoms with Gasteiger partial charge in [0.15, 0.2) is 5.79 Å². The zero-order valence-corrected chi connectivity index (χ0v) is 14.4. The van der Waals surface area contributed by atoms with Crippen LogP contribution in [-0.4, -0.2) is 47.0 Å². The molecule has 0 unspecified atom stereocenters. The molecule has 0 aromatic carbocycles. The van der Waals surface area contributed by atoms with Gasteiger partial charge in [-0.15, -0.1) is 0 Å². The van der Waals surface area contributed by atoms with Gasteiger partial charge in [-0.25, -0.2) is 4.98 Å². The third-order valence-corrected chi connectivity index (χ3v) is 4.66. The van der Waals surface area contributed by atoms with Crippen LogP contribution < -0.4 is 10.2 Å². The van der Waals surface area contributed by atoms with Crippen LogP contribution >= 0.6 is 0 Å². The lowest BCUT2D eigenvalue weighted by Gasteiger charge is -2.38. The van der Waals surface area contributed by atoms with E-state index in [-0.39, 0.29) is 5.79 Å². The Hall–Kier alpha value is -2.25. The van der Waals surface area contributed by atoms with Crippen molar-refractivity contribution >= 4 is 11.8 Å². The molecule has 2 aromatic heterocycles. The zero-order valence-electron chi connectivity index (χ0n) is 14.4. The fraction of sp³-hybridized carbons (Fsp3) is 0.500. The van der Waals surface area contributed by atoms with E-state index in [9.17, 15) is 0 Å². The summed E-state index contributed by atoms with van der Waals surface area (Å²) in [5, 5.41) is 3.27. The molecule has 0 atom stereocenters. The molecule has 2 aromatic rings. The lowest BCUT2D eigenvalue weighted by atomic mass is 10.0. The maximum absolute atomic E-state index is 5.80. The number of aromatic nitrogens is 3. The van der Waals surface area contributed by atoms with Gasteiger partial charge in [0.1, 0.15) is 5.82 Å². The maximum atomic E-state index is 5.80. The topological polar surface area (TPSA) is 72.4 Å².